The van der Waals surface area contributed by atoms with Crippen LogP contribution in [0.25, 0.3) is 32.6 Å². The summed E-state index contributed by atoms with van der Waals surface area (Å²) in [5, 5.41) is 4.55. The predicted molar refractivity (Wildman–Crippen MR) is 95.2 cm³/mol. The van der Waals surface area contributed by atoms with Gasteiger partial charge in [-0.1, -0.05) is 18.2 Å². The summed E-state index contributed by atoms with van der Waals surface area (Å²) >= 11 is 0. The van der Waals surface area contributed by atoms with Gasteiger partial charge >= 0.3 is 0 Å². The summed E-state index contributed by atoms with van der Waals surface area (Å²) in [6.07, 6.45) is 1.74. The van der Waals surface area contributed by atoms with Crippen LogP contribution in [-0.4, -0.2) is 15.3 Å². The van der Waals surface area contributed by atoms with Crippen LogP contribution in [-0.2, 0) is 7.05 Å². The number of rotatable bonds is 1. The smallest absolute Gasteiger partial charge is 0.178 e. The van der Waals surface area contributed by atoms with E-state index in [0.717, 1.165) is 16.3 Å². The fourth-order valence-electron chi connectivity index (χ4n) is 3.89. The van der Waals surface area contributed by atoms with E-state index in [9.17, 15) is 4.79 Å². The Kier molecular flexibility index (Phi) is 2.82. The summed E-state index contributed by atoms with van der Waals surface area (Å²) in [4.78, 5) is 16.4. The van der Waals surface area contributed by atoms with Gasteiger partial charge in [0.25, 0.3) is 0 Å². The molecule has 114 valence electrons. The lowest BCUT2D eigenvalue weighted by Crippen LogP contribution is -2.01. The van der Waals surface area contributed by atoms with Crippen molar-refractivity contribution in [2.24, 2.45) is 7.05 Å². The third-order valence-electron chi connectivity index (χ3n) is 4.90. The van der Waals surface area contributed by atoms with E-state index in [1.165, 1.54) is 27.4 Å². The predicted octanol–water partition coefficient (Wildman–Crippen LogP) is 4.70. The van der Waals surface area contributed by atoms with Gasteiger partial charge in [0, 0.05) is 41.8 Å². The number of Topliss-reactive ketones (excluding diaryl/α,β-unsaturated/α-hetero) is 1. The van der Waals surface area contributed by atoms with E-state index in [2.05, 4.69) is 54.7 Å². The van der Waals surface area contributed by atoms with Crippen LogP contribution in [0.5, 0.6) is 0 Å². The first kappa shape index (κ1) is 13.9. The van der Waals surface area contributed by atoms with Crippen molar-refractivity contribution in [3.63, 3.8) is 0 Å². The van der Waals surface area contributed by atoms with E-state index in [4.69, 9.17) is 0 Å². The van der Waals surface area contributed by atoms with Gasteiger partial charge in [-0.15, -0.1) is 0 Å². The van der Waals surface area contributed by atoms with Crippen molar-refractivity contribution in [1.29, 1.82) is 0 Å². The average Bonchev–Trinajstić information content (AvgIpc) is 2.86. The molecular formula is C20H18N2O. The quantitative estimate of drug-likeness (QED) is 0.478. The number of para-hydroxylation sites is 1. The highest BCUT2D eigenvalue weighted by molar-refractivity contribution is 6.19. The summed E-state index contributed by atoms with van der Waals surface area (Å²) in [6, 6.07) is 10.4. The maximum Gasteiger partial charge on any atom is 0.178 e. The molecule has 4 aromatic rings. The number of benzene rings is 2. The molecule has 0 atom stereocenters. The molecule has 0 saturated heterocycles. The molecule has 0 fully saturated rings. The van der Waals surface area contributed by atoms with Crippen LogP contribution < -0.4 is 0 Å². The van der Waals surface area contributed by atoms with Gasteiger partial charge in [-0.2, -0.15) is 0 Å². The topological polar surface area (TPSA) is 34.9 Å². The van der Waals surface area contributed by atoms with Crippen LogP contribution >= 0.6 is 0 Å². The fraction of sp³-hybridized carbons (Fsp3) is 0.200. The second kappa shape index (κ2) is 4.66. The maximum absolute atomic E-state index is 12.1. The molecule has 2 aromatic carbocycles. The Hall–Kier alpha value is -2.68. The van der Waals surface area contributed by atoms with Gasteiger partial charge < -0.3 is 4.57 Å². The number of hydrogen-bond donors (Lipinski definition) is 0. The first-order valence-electron chi connectivity index (χ1n) is 7.78. The SMILES string of the molecule is CC(=O)c1nccc2c(C)c3c(c(C)c12)c1ccccc1n3C. The maximum atomic E-state index is 12.1. The zero-order valence-electron chi connectivity index (χ0n) is 13.8. The lowest BCUT2D eigenvalue weighted by Gasteiger charge is -2.12. The molecule has 2 aromatic heterocycles. The van der Waals surface area contributed by atoms with Crippen LogP contribution in [0.2, 0.25) is 0 Å². The van der Waals surface area contributed by atoms with Gasteiger partial charge in [0.05, 0.1) is 5.52 Å². The van der Waals surface area contributed by atoms with E-state index >= 15 is 0 Å². The number of aromatic nitrogens is 2. The van der Waals surface area contributed by atoms with Crippen molar-refractivity contribution < 1.29 is 4.79 Å². The average molecular weight is 302 g/mol. The third kappa shape index (κ3) is 1.70. The number of carbonyl (C=O) groups is 1. The Labute approximate surface area is 134 Å². The summed E-state index contributed by atoms with van der Waals surface area (Å²) < 4.78 is 2.25. The molecule has 3 nitrogen and oxygen atoms in total. The summed E-state index contributed by atoms with van der Waals surface area (Å²) in [6.45, 7) is 5.82. The van der Waals surface area contributed by atoms with Crippen molar-refractivity contribution in [1.82, 2.24) is 9.55 Å². The van der Waals surface area contributed by atoms with E-state index in [1.807, 2.05) is 6.07 Å². The highest BCUT2D eigenvalue weighted by atomic mass is 16.1. The van der Waals surface area contributed by atoms with E-state index in [0.29, 0.717) is 5.69 Å². The molecule has 2 heterocycles. The number of ketones is 1. The van der Waals surface area contributed by atoms with Gasteiger partial charge in [0.1, 0.15) is 5.69 Å². The minimum absolute atomic E-state index is 0.0117. The lowest BCUT2D eigenvalue weighted by atomic mass is 9.94. The monoisotopic (exact) mass is 302 g/mol. The Bertz CT molecular complexity index is 1120. The first-order valence-corrected chi connectivity index (χ1v) is 7.78. The Balaban J connectivity index is 2.40. The largest absolute Gasteiger partial charge is 0.343 e. The summed E-state index contributed by atoms with van der Waals surface area (Å²) in [5.41, 5.74) is 5.34. The molecule has 0 unspecified atom stereocenters. The second-order valence-electron chi connectivity index (χ2n) is 6.19. The molecule has 0 bridgehead atoms. The standard InChI is InChI=1S/C20H18N2O/c1-11-14-9-10-21-19(13(3)23)17(14)12(2)18-15-7-5-6-8-16(15)22(4)20(11)18/h5-10H,1-4H3. The molecule has 3 heteroatoms. The van der Waals surface area contributed by atoms with Crippen molar-refractivity contribution in [3.8, 4) is 0 Å². The van der Waals surface area contributed by atoms with Gasteiger partial charge in [0.2, 0.25) is 0 Å². The van der Waals surface area contributed by atoms with Crippen LogP contribution in [0.4, 0.5) is 0 Å². The first-order chi connectivity index (χ1) is 11.0. The van der Waals surface area contributed by atoms with E-state index < -0.39 is 0 Å². The van der Waals surface area contributed by atoms with Crippen LogP contribution in [0.15, 0.2) is 36.5 Å². The highest BCUT2D eigenvalue weighted by Gasteiger charge is 2.19. The zero-order valence-corrected chi connectivity index (χ0v) is 13.8. The molecular weight excluding hydrogens is 284 g/mol. The van der Waals surface area contributed by atoms with Crippen LogP contribution in [0.3, 0.4) is 0 Å². The highest BCUT2D eigenvalue weighted by Crippen LogP contribution is 2.38. The summed E-state index contributed by atoms with van der Waals surface area (Å²) in [7, 11) is 2.11. The van der Waals surface area contributed by atoms with Gasteiger partial charge in [-0.3, -0.25) is 9.78 Å². The van der Waals surface area contributed by atoms with Gasteiger partial charge in [-0.05, 0) is 42.5 Å². The number of hydrogen-bond acceptors (Lipinski definition) is 2. The van der Waals surface area contributed by atoms with Crippen LogP contribution in [0.1, 0.15) is 28.5 Å². The molecule has 0 saturated carbocycles. The molecule has 23 heavy (non-hydrogen) atoms. The molecule has 4 rings (SSSR count). The van der Waals surface area contributed by atoms with Crippen LogP contribution in [0, 0.1) is 13.8 Å². The van der Waals surface area contributed by atoms with E-state index in [-0.39, 0.29) is 5.78 Å². The van der Waals surface area contributed by atoms with Gasteiger partial charge in [0.15, 0.2) is 5.78 Å². The lowest BCUT2D eigenvalue weighted by molar-refractivity contribution is 0.101. The number of pyridine rings is 1. The normalized spacial score (nSPS) is 11.7. The number of aryl methyl sites for hydroxylation is 3. The molecule has 0 radical (unpaired) electrons. The molecule has 0 N–H and O–H groups in total. The minimum Gasteiger partial charge on any atom is -0.343 e. The Morgan fingerprint density at radius 3 is 2.48 bits per heavy atom. The number of nitrogens with zero attached hydrogens (tertiary/aromatic N) is 2. The number of carbonyl (C=O) groups excluding carboxylic acids is 1. The zero-order chi connectivity index (χ0) is 16.3. The summed E-state index contributed by atoms with van der Waals surface area (Å²) in [5.74, 6) is 0.0117. The van der Waals surface area contributed by atoms with Crippen molar-refractivity contribution in [2.75, 3.05) is 0 Å². The van der Waals surface area contributed by atoms with E-state index in [1.54, 1.807) is 13.1 Å². The van der Waals surface area contributed by atoms with Gasteiger partial charge in [-0.25, -0.2) is 0 Å². The minimum atomic E-state index is 0.0117. The third-order valence-corrected chi connectivity index (χ3v) is 4.90. The Morgan fingerprint density at radius 1 is 1.00 bits per heavy atom. The molecule has 0 aliphatic carbocycles. The Morgan fingerprint density at radius 2 is 1.74 bits per heavy atom. The number of fused-ring (bicyclic) bond motifs is 4. The molecule has 0 aliphatic heterocycles. The fourth-order valence-corrected chi connectivity index (χ4v) is 3.89. The molecule has 0 aliphatic rings. The van der Waals surface area contributed by atoms with Crippen molar-refractivity contribution in [2.45, 2.75) is 20.8 Å². The second-order valence-corrected chi connectivity index (χ2v) is 6.19. The molecule has 0 amide bonds. The molecule has 0 spiro atoms. The van der Waals surface area contributed by atoms with Crippen molar-refractivity contribution in [3.05, 3.63) is 53.3 Å². The van der Waals surface area contributed by atoms with Crippen molar-refractivity contribution >= 4 is 38.4 Å².